The number of hydrogen-bond acceptors (Lipinski definition) is 3. The van der Waals surface area contributed by atoms with Crippen molar-refractivity contribution in [1.82, 2.24) is 0 Å². The van der Waals surface area contributed by atoms with Gasteiger partial charge in [-0.25, -0.2) is 4.99 Å². The zero-order chi connectivity index (χ0) is 15.9. The summed E-state index contributed by atoms with van der Waals surface area (Å²) < 4.78 is 11.2. The maximum atomic E-state index is 6.04. The number of nitrogens with zero attached hydrogens (tertiary/aromatic N) is 1. The zero-order valence-corrected chi connectivity index (χ0v) is 13.8. The highest BCUT2D eigenvalue weighted by Crippen LogP contribution is 2.37. The Morgan fingerprint density at radius 1 is 1.27 bits per heavy atom. The van der Waals surface area contributed by atoms with E-state index in [1.807, 2.05) is 32.0 Å². The maximum absolute atomic E-state index is 6.04. The van der Waals surface area contributed by atoms with Crippen molar-refractivity contribution in [2.75, 3.05) is 18.5 Å². The molecule has 1 fully saturated rings. The van der Waals surface area contributed by atoms with Crippen LogP contribution in [0.4, 0.5) is 5.69 Å². The Kier molecular flexibility index (Phi) is 5.92. The first-order chi connectivity index (χ1) is 10.7. The molecule has 0 saturated heterocycles. The largest absolute Gasteiger partial charge is 0.494 e. The van der Waals surface area contributed by atoms with Crippen molar-refractivity contribution in [2.24, 2.45) is 16.6 Å². The first kappa shape index (κ1) is 16.5. The third-order valence-electron chi connectivity index (χ3n) is 3.67. The fourth-order valence-corrected chi connectivity index (χ4v) is 2.56. The van der Waals surface area contributed by atoms with Gasteiger partial charge in [0.05, 0.1) is 24.9 Å². The Morgan fingerprint density at radius 3 is 2.73 bits per heavy atom. The van der Waals surface area contributed by atoms with Gasteiger partial charge >= 0.3 is 0 Å². The molecule has 1 aliphatic carbocycles. The van der Waals surface area contributed by atoms with Crippen LogP contribution in [0, 0.1) is 5.92 Å². The van der Waals surface area contributed by atoms with E-state index in [0.29, 0.717) is 31.1 Å². The van der Waals surface area contributed by atoms with E-state index in [1.54, 1.807) is 0 Å². The Morgan fingerprint density at radius 2 is 2.05 bits per heavy atom. The van der Waals surface area contributed by atoms with Gasteiger partial charge in [0.15, 0.2) is 5.96 Å². The smallest absolute Gasteiger partial charge is 0.193 e. The predicted molar refractivity (Wildman–Crippen MR) is 90.8 cm³/mol. The van der Waals surface area contributed by atoms with Crippen molar-refractivity contribution in [1.29, 1.82) is 0 Å². The average Bonchev–Trinajstić information content (AvgIpc) is 3.20. The van der Waals surface area contributed by atoms with Gasteiger partial charge in [-0.1, -0.05) is 13.3 Å². The summed E-state index contributed by atoms with van der Waals surface area (Å²) in [6, 6.07) is 6.05. The molecule has 1 aliphatic rings. The van der Waals surface area contributed by atoms with Crippen LogP contribution in [0.1, 0.15) is 40.0 Å². The molecule has 1 aromatic carbocycles. The fourth-order valence-electron chi connectivity index (χ4n) is 2.56. The molecule has 0 bridgehead atoms. The number of benzene rings is 1. The number of hydrogen-bond donors (Lipinski definition) is 2. The molecule has 2 rings (SSSR count). The predicted octanol–water partition coefficient (Wildman–Crippen LogP) is 3.40. The van der Waals surface area contributed by atoms with E-state index in [4.69, 9.17) is 15.2 Å². The molecule has 0 radical (unpaired) electrons. The number of nitrogens with one attached hydrogen (secondary N) is 1. The summed E-state index contributed by atoms with van der Waals surface area (Å²) >= 11 is 0. The number of rotatable bonds is 8. The minimum atomic E-state index is 0.373. The van der Waals surface area contributed by atoms with Gasteiger partial charge in [0.25, 0.3) is 0 Å². The maximum Gasteiger partial charge on any atom is 0.193 e. The van der Waals surface area contributed by atoms with Gasteiger partial charge in [-0.05, 0) is 44.7 Å². The lowest BCUT2D eigenvalue weighted by atomic mass is 10.2. The van der Waals surface area contributed by atoms with Gasteiger partial charge in [0, 0.05) is 6.07 Å². The molecule has 0 aromatic heterocycles. The Hall–Kier alpha value is -1.91. The minimum Gasteiger partial charge on any atom is -0.494 e. The lowest BCUT2D eigenvalue weighted by Gasteiger charge is -2.14. The van der Waals surface area contributed by atoms with Crippen LogP contribution in [0.15, 0.2) is 23.2 Å². The quantitative estimate of drug-likeness (QED) is 0.570. The third-order valence-corrected chi connectivity index (χ3v) is 3.67. The molecule has 1 saturated carbocycles. The summed E-state index contributed by atoms with van der Waals surface area (Å²) in [6.07, 6.45) is 3.58. The van der Waals surface area contributed by atoms with Gasteiger partial charge < -0.3 is 20.5 Å². The van der Waals surface area contributed by atoms with E-state index in [1.165, 1.54) is 12.8 Å². The van der Waals surface area contributed by atoms with Crippen molar-refractivity contribution in [3.63, 3.8) is 0 Å². The second kappa shape index (κ2) is 7.92. The minimum absolute atomic E-state index is 0.373. The highest BCUT2D eigenvalue weighted by atomic mass is 16.5. The Balaban J connectivity index is 2.06. The summed E-state index contributed by atoms with van der Waals surface area (Å²) in [7, 11) is 0. The van der Waals surface area contributed by atoms with E-state index in [-0.39, 0.29) is 0 Å². The zero-order valence-electron chi connectivity index (χ0n) is 13.8. The van der Waals surface area contributed by atoms with Crippen molar-refractivity contribution in [3.8, 4) is 11.5 Å². The van der Waals surface area contributed by atoms with Crippen molar-refractivity contribution < 1.29 is 9.47 Å². The summed E-state index contributed by atoms with van der Waals surface area (Å²) in [6.45, 7) is 7.34. The van der Waals surface area contributed by atoms with Crippen LogP contribution < -0.4 is 20.5 Å². The van der Waals surface area contributed by atoms with Gasteiger partial charge in [-0.2, -0.15) is 0 Å². The van der Waals surface area contributed by atoms with E-state index in [0.717, 1.165) is 23.6 Å². The van der Waals surface area contributed by atoms with Crippen LogP contribution in [0.2, 0.25) is 0 Å². The highest BCUT2D eigenvalue weighted by Gasteiger charge is 2.36. The van der Waals surface area contributed by atoms with Crippen LogP contribution in [0.3, 0.4) is 0 Å². The van der Waals surface area contributed by atoms with E-state index in [2.05, 4.69) is 17.2 Å². The second-order valence-corrected chi connectivity index (χ2v) is 5.52. The standard InChI is InChI=1S/C17H27N3O2/c1-4-7-12-10-14(12)19-17(18)20-15-11-13(21-5-2)8-9-16(15)22-6-3/h8-9,11-12,14H,4-7,10H2,1-3H3,(H3,18,19,20). The first-order valence-corrected chi connectivity index (χ1v) is 8.17. The molecule has 1 aromatic rings. The van der Waals surface area contributed by atoms with Gasteiger partial charge in [-0.3, -0.25) is 0 Å². The number of aliphatic imine (C=N–C) groups is 1. The van der Waals surface area contributed by atoms with E-state index >= 15 is 0 Å². The monoisotopic (exact) mass is 305 g/mol. The topological polar surface area (TPSA) is 68.9 Å². The summed E-state index contributed by atoms with van der Waals surface area (Å²) in [5.41, 5.74) is 6.83. The molecule has 122 valence electrons. The molecule has 0 heterocycles. The van der Waals surface area contributed by atoms with Crippen LogP contribution >= 0.6 is 0 Å². The molecule has 0 amide bonds. The van der Waals surface area contributed by atoms with Crippen molar-refractivity contribution >= 4 is 11.6 Å². The van der Waals surface area contributed by atoms with Crippen molar-refractivity contribution in [3.05, 3.63) is 18.2 Å². The number of anilines is 1. The van der Waals surface area contributed by atoms with E-state index in [9.17, 15) is 0 Å². The fraction of sp³-hybridized carbons (Fsp3) is 0.588. The normalized spacial score (nSPS) is 20.6. The van der Waals surface area contributed by atoms with Crippen LogP contribution in [-0.2, 0) is 0 Å². The molecule has 2 atom stereocenters. The average molecular weight is 305 g/mol. The molecular weight excluding hydrogens is 278 g/mol. The Bertz CT molecular complexity index is 517. The van der Waals surface area contributed by atoms with Crippen LogP contribution in [0.5, 0.6) is 11.5 Å². The molecule has 5 heteroatoms. The lowest BCUT2D eigenvalue weighted by molar-refractivity contribution is 0.332. The highest BCUT2D eigenvalue weighted by molar-refractivity contribution is 5.94. The number of ether oxygens (including phenoxy) is 2. The molecule has 3 N–H and O–H groups in total. The molecule has 0 aliphatic heterocycles. The number of guanidine groups is 1. The Labute approximate surface area is 132 Å². The molecule has 0 spiro atoms. The van der Waals surface area contributed by atoms with Gasteiger partial charge in [-0.15, -0.1) is 0 Å². The lowest BCUT2D eigenvalue weighted by Crippen LogP contribution is -2.23. The molecule has 5 nitrogen and oxygen atoms in total. The first-order valence-electron chi connectivity index (χ1n) is 8.17. The molecule has 22 heavy (non-hydrogen) atoms. The summed E-state index contributed by atoms with van der Waals surface area (Å²) in [4.78, 5) is 4.55. The summed E-state index contributed by atoms with van der Waals surface area (Å²) in [5, 5.41) is 3.15. The molecule has 2 unspecified atom stereocenters. The van der Waals surface area contributed by atoms with Crippen LogP contribution in [-0.4, -0.2) is 25.2 Å². The summed E-state index contributed by atoms with van der Waals surface area (Å²) in [5.74, 6) is 2.69. The number of nitrogens with two attached hydrogens (primary N) is 1. The van der Waals surface area contributed by atoms with E-state index < -0.39 is 0 Å². The SMILES string of the molecule is CCCC1CC1N=C(N)Nc1cc(OCC)ccc1OCC. The van der Waals surface area contributed by atoms with Crippen molar-refractivity contribution in [2.45, 2.75) is 46.1 Å². The van der Waals surface area contributed by atoms with Crippen LogP contribution in [0.25, 0.3) is 0 Å². The van der Waals surface area contributed by atoms with Gasteiger partial charge in [0.1, 0.15) is 11.5 Å². The third kappa shape index (κ3) is 4.55. The van der Waals surface area contributed by atoms with Gasteiger partial charge in [0.2, 0.25) is 0 Å². The molecular formula is C17H27N3O2. The second-order valence-electron chi connectivity index (χ2n) is 5.52.